The molecule has 0 aromatic rings. The fraction of sp³-hybridized carbons (Fsp3) is 0.966. The van der Waals surface area contributed by atoms with Crippen molar-refractivity contribution in [2.24, 2.45) is 45.3 Å². The zero-order valence-corrected chi connectivity index (χ0v) is 50.5. The fourth-order valence-electron chi connectivity index (χ4n) is 17.4. The lowest BCUT2D eigenvalue weighted by molar-refractivity contribution is -0.382. The van der Waals surface area contributed by atoms with Gasteiger partial charge in [-0.2, -0.15) is 0 Å². The Morgan fingerprint density at radius 1 is 0.512 bits per heavy atom. The monoisotopic (exact) mass is 1240 g/mol. The van der Waals surface area contributed by atoms with Crippen molar-refractivity contribution in [1.29, 1.82) is 0 Å². The van der Waals surface area contributed by atoms with Crippen LogP contribution >= 0.6 is 0 Å². The van der Waals surface area contributed by atoms with Gasteiger partial charge in [0, 0.05) is 0 Å². The maximum atomic E-state index is 12.9. The summed E-state index contributed by atoms with van der Waals surface area (Å²) in [5, 5.41) is 185. The second kappa shape index (κ2) is 26.6. The van der Waals surface area contributed by atoms with Gasteiger partial charge in [-0.05, 0) is 124 Å². The molecular weight excluding hydrogens is 1140 g/mol. The highest BCUT2D eigenvalue weighted by atomic mass is 16.8. The van der Waals surface area contributed by atoms with Crippen molar-refractivity contribution < 1.29 is 134 Å². The van der Waals surface area contributed by atoms with E-state index in [2.05, 4.69) is 40.7 Å². The minimum absolute atomic E-state index is 0.0184. The Balaban J connectivity index is 0.938. The molecule has 27 heteroatoms. The molecule has 0 spiro atoms. The van der Waals surface area contributed by atoms with Crippen LogP contribution < -0.4 is 0 Å². The molecule has 9 aliphatic rings. The van der Waals surface area contributed by atoms with Gasteiger partial charge in [-0.1, -0.05) is 46.3 Å². The van der Waals surface area contributed by atoms with Crippen molar-refractivity contribution in [3.05, 3.63) is 11.6 Å². The van der Waals surface area contributed by atoms with Crippen LogP contribution in [0.3, 0.4) is 0 Å². The second-order valence-corrected chi connectivity index (χ2v) is 28.1. The van der Waals surface area contributed by atoms with Crippen LogP contribution in [-0.4, -0.2) is 285 Å². The SMILES string of the molecule is CC(C)=CCCC(C)(OC1OC(COC2OC(CO)C(O)C(O)C2O)C(O)C(O)C1O)C1CCC2(C)C1C(O)CC1C3(C)CCC(OC4OC(COC5OCC(O)C(O)C5O)C(O)C(O)C4OC4OC(CO)C(O)C(O)C4O)C(C)(C)C3CCC12C. The summed E-state index contributed by atoms with van der Waals surface area (Å²) in [4.78, 5) is 0. The molecule has 34 unspecified atom stereocenters. The molecule has 5 saturated heterocycles. The van der Waals surface area contributed by atoms with Crippen molar-refractivity contribution in [2.45, 2.75) is 278 Å². The molecule has 86 heavy (non-hydrogen) atoms. The largest absolute Gasteiger partial charge is 0.394 e. The van der Waals surface area contributed by atoms with E-state index in [-0.39, 0.29) is 41.1 Å². The summed E-state index contributed by atoms with van der Waals surface area (Å²) in [7, 11) is 0. The summed E-state index contributed by atoms with van der Waals surface area (Å²) in [6.07, 6.45) is -33.0. The van der Waals surface area contributed by atoms with Gasteiger partial charge in [0.15, 0.2) is 31.5 Å². The van der Waals surface area contributed by atoms with Crippen LogP contribution in [0.5, 0.6) is 0 Å². The highest BCUT2D eigenvalue weighted by molar-refractivity contribution is 5.21. The van der Waals surface area contributed by atoms with Gasteiger partial charge >= 0.3 is 0 Å². The maximum Gasteiger partial charge on any atom is 0.187 e. The molecule has 9 fully saturated rings. The molecule has 498 valence electrons. The van der Waals surface area contributed by atoms with E-state index in [1.165, 1.54) is 0 Å². The Morgan fingerprint density at radius 2 is 1.02 bits per heavy atom. The van der Waals surface area contributed by atoms with E-state index in [1.807, 2.05) is 20.8 Å². The van der Waals surface area contributed by atoms with Crippen molar-refractivity contribution in [3.8, 4) is 0 Å². The van der Waals surface area contributed by atoms with Gasteiger partial charge in [-0.3, -0.25) is 0 Å². The number of rotatable bonds is 18. The summed E-state index contributed by atoms with van der Waals surface area (Å²) < 4.78 is 60.7. The van der Waals surface area contributed by atoms with E-state index < -0.39 is 202 Å². The van der Waals surface area contributed by atoms with E-state index in [0.29, 0.717) is 38.5 Å². The first kappa shape index (κ1) is 69.0. The van der Waals surface area contributed by atoms with Gasteiger partial charge in [-0.15, -0.1) is 0 Å². The van der Waals surface area contributed by atoms with E-state index in [4.69, 9.17) is 47.4 Å². The Labute approximate surface area is 501 Å². The van der Waals surface area contributed by atoms with E-state index in [1.54, 1.807) is 0 Å². The Hall–Kier alpha value is -1.34. The van der Waals surface area contributed by atoms with Gasteiger partial charge in [-0.25, -0.2) is 0 Å². The van der Waals surface area contributed by atoms with E-state index in [0.717, 1.165) is 24.8 Å². The molecule has 34 atom stereocenters. The Bertz CT molecular complexity index is 2260. The van der Waals surface area contributed by atoms with Crippen molar-refractivity contribution >= 4 is 0 Å². The molecule has 0 amide bonds. The molecule has 17 N–H and O–H groups in total. The first-order valence-corrected chi connectivity index (χ1v) is 30.8. The molecule has 27 nitrogen and oxygen atoms in total. The third-order valence-corrected chi connectivity index (χ3v) is 22.6. The van der Waals surface area contributed by atoms with Gasteiger partial charge < -0.3 is 134 Å². The van der Waals surface area contributed by atoms with Crippen LogP contribution in [0, 0.1) is 45.3 Å². The zero-order valence-electron chi connectivity index (χ0n) is 50.5. The number of fused-ring (bicyclic) bond motifs is 5. The molecule has 0 aromatic carbocycles. The summed E-state index contributed by atoms with van der Waals surface area (Å²) in [6.45, 7) is 14.1. The van der Waals surface area contributed by atoms with Gasteiger partial charge in [0.1, 0.15) is 116 Å². The van der Waals surface area contributed by atoms with E-state index in [9.17, 15) is 86.8 Å². The highest BCUT2D eigenvalue weighted by Gasteiger charge is 2.72. The summed E-state index contributed by atoms with van der Waals surface area (Å²) in [5.74, 6) is -0.678. The number of aliphatic hydroxyl groups excluding tert-OH is 17. The normalized spacial score (nSPS) is 52.9. The van der Waals surface area contributed by atoms with Crippen LogP contribution in [0.15, 0.2) is 11.6 Å². The minimum Gasteiger partial charge on any atom is -0.394 e. The average molecular weight is 1240 g/mol. The highest BCUT2D eigenvalue weighted by Crippen LogP contribution is 2.76. The number of ether oxygens (including phenoxy) is 10. The molecule has 5 aliphatic heterocycles. The third-order valence-electron chi connectivity index (χ3n) is 22.6. The predicted octanol–water partition coefficient (Wildman–Crippen LogP) is -3.74. The predicted molar refractivity (Wildman–Crippen MR) is 293 cm³/mol. The summed E-state index contributed by atoms with van der Waals surface area (Å²) in [6, 6.07) is 0. The lowest BCUT2D eigenvalue weighted by Crippen LogP contribution is -2.68. The molecule has 0 radical (unpaired) electrons. The first-order chi connectivity index (χ1) is 40.3. The molecule has 4 aliphatic carbocycles. The van der Waals surface area contributed by atoms with Crippen LogP contribution in [0.4, 0.5) is 0 Å². The van der Waals surface area contributed by atoms with Gasteiger partial charge in [0.05, 0.1) is 50.8 Å². The minimum atomic E-state index is -1.89. The smallest absolute Gasteiger partial charge is 0.187 e. The van der Waals surface area contributed by atoms with Gasteiger partial charge in [0.2, 0.25) is 0 Å². The Kier molecular flexibility index (Phi) is 21.3. The number of hydrogen-bond acceptors (Lipinski definition) is 27. The van der Waals surface area contributed by atoms with Crippen LogP contribution in [0.25, 0.3) is 0 Å². The van der Waals surface area contributed by atoms with Gasteiger partial charge in [0.25, 0.3) is 0 Å². The van der Waals surface area contributed by atoms with Crippen molar-refractivity contribution in [1.82, 2.24) is 0 Å². The number of aliphatic hydroxyl groups is 17. The van der Waals surface area contributed by atoms with Crippen molar-refractivity contribution in [3.63, 3.8) is 0 Å². The average Bonchev–Trinajstić information content (AvgIpc) is 1.22. The topological polar surface area (TPSA) is 436 Å². The fourth-order valence-corrected chi connectivity index (χ4v) is 17.4. The summed E-state index contributed by atoms with van der Waals surface area (Å²) >= 11 is 0. The quantitative estimate of drug-likeness (QED) is 0.0463. The van der Waals surface area contributed by atoms with Crippen molar-refractivity contribution in [2.75, 3.05) is 33.0 Å². The molecule has 5 heterocycles. The number of allylic oxidation sites excluding steroid dienone is 2. The van der Waals surface area contributed by atoms with E-state index >= 15 is 0 Å². The van der Waals surface area contributed by atoms with Crippen LogP contribution in [0.2, 0.25) is 0 Å². The lowest BCUT2D eigenvalue weighted by Gasteiger charge is -2.71. The Morgan fingerprint density at radius 3 is 1.63 bits per heavy atom. The molecule has 9 rings (SSSR count). The maximum absolute atomic E-state index is 12.9. The molecule has 0 aromatic heterocycles. The zero-order chi connectivity index (χ0) is 63.1. The molecule has 4 saturated carbocycles. The molecule has 0 bridgehead atoms. The first-order valence-electron chi connectivity index (χ1n) is 30.8. The number of hydrogen-bond donors (Lipinski definition) is 17. The van der Waals surface area contributed by atoms with Crippen LogP contribution in [-0.2, 0) is 47.4 Å². The standard InChI is InChI=1S/C59H100O27/c1-24(2)10-9-14-59(8,86-53-48(76)43(71)39(67)30(82-53)23-79-51-46(74)41(69)37(65)28(19-60)80-51)25-11-16-58(7)35(25)26(62)18-33-56(5)15-13-34(55(3,4)32(56)12-17-57(33,58)6)84-54-49(85-52-47(75)42(70)38(66)29(20-61)81-52)44(72)40(68)31(83-54)22-78-50-45(73)36(64)27(63)21-77-50/h10,25-54,60-76H,9,11-23H2,1-8H3. The van der Waals surface area contributed by atoms with Crippen LogP contribution in [0.1, 0.15) is 113 Å². The third kappa shape index (κ3) is 12.4. The second-order valence-electron chi connectivity index (χ2n) is 28.1. The molecular formula is C59H100O27. The lowest BCUT2D eigenvalue weighted by atomic mass is 9.35. The summed E-state index contributed by atoms with van der Waals surface area (Å²) in [5.41, 5.74) is -1.90.